The summed E-state index contributed by atoms with van der Waals surface area (Å²) in [5.74, 6) is 0.632. The first-order valence-electron chi connectivity index (χ1n) is 9.51. The highest BCUT2D eigenvalue weighted by Gasteiger charge is 2.32. The average molecular weight is 402 g/mol. The fourth-order valence-corrected chi connectivity index (χ4v) is 4.44. The van der Waals surface area contributed by atoms with Crippen LogP contribution in [0.25, 0.3) is 0 Å². The van der Waals surface area contributed by atoms with Crippen LogP contribution in [-0.2, 0) is 16.4 Å². The van der Waals surface area contributed by atoms with E-state index in [-0.39, 0.29) is 6.04 Å². The zero-order valence-electron chi connectivity index (χ0n) is 16.1. The second kappa shape index (κ2) is 9.49. The quantitative estimate of drug-likeness (QED) is 0.516. The summed E-state index contributed by atoms with van der Waals surface area (Å²) in [6, 6.07) is 4.03. The molecule has 1 aromatic rings. The summed E-state index contributed by atoms with van der Waals surface area (Å²) >= 11 is 6.07. The molecule has 2 rings (SSSR count). The molecule has 0 atom stereocenters. The molecule has 26 heavy (non-hydrogen) atoms. The molecule has 5 nitrogen and oxygen atoms in total. The third-order valence-corrected chi connectivity index (χ3v) is 7.64. The fourth-order valence-electron chi connectivity index (χ4n) is 3.20. The van der Waals surface area contributed by atoms with Crippen LogP contribution < -0.4 is 10.0 Å². The van der Waals surface area contributed by atoms with Gasteiger partial charge in [0.1, 0.15) is 5.15 Å². The number of aryl methyl sites for hydroxylation is 1. The average Bonchev–Trinajstić information content (AvgIpc) is 2.56. The van der Waals surface area contributed by atoms with Crippen LogP contribution in [0, 0.1) is 5.92 Å². The highest BCUT2D eigenvalue weighted by Crippen LogP contribution is 2.26. The van der Waals surface area contributed by atoms with Crippen molar-refractivity contribution in [1.82, 2.24) is 15.0 Å². The predicted octanol–water partition coefficient (Wildman–Crippen LogP) is 3.53. The largest absolute Gasteiger partial charge is 0.316 e. The molecular formula is C19H32ClN3O2S. The molecule has 0 radical (unpaired) electrons. The molecule has 0 aliphatic heterocycles. The van der Waals surface area contributed by atoms with Crippen LogP contribution in [0.5, 0.6) is 0 Å². The Bertz CT molecular complexity index is 666. The Balaban J connectivity index is 1.61. The van der Waals surface area contributed by atoms with Gasteiger partial charge in [-0.2, -0.15) is 0 Å². The maximum Gasteiger partial charge on any atom is 0.216 e. The van der Waals surface area contributed by atoms with Crippen LogP contribution >= 0.6 is 11.6 Å². The smallest absolute Gasteiger partial charge is 0.216 e. The first kappa shape index (κ1) is 21.6. The van der Waals surface area contributed by atoms with Gasteiger partial charge in [0.25, 0.3) is 0 Å². The number of halogens is 1. The molecule has 148 valence electrons. The Morgan fingerprint density at radius 1 is 1.23 bits per heavy atom. The van der Waals surface area contributed by atoms with Gasteiger partial charge in [-0.05, 0) is 89.9 Å². The van der Waals surface area contributed by atoms with E-state index in [0.717, 1.165) is 57.2 Å². The van der Waals surface area contributed by atoms with Gasteiger partial charge in [-0.25, -0.2) is 18.1 Å². The van der Waals surface area contributed by atoms with Gasteiger partial charge in [-0.3, -0.25) is 0 Å². The van der Waals surface area contributed by atoms with E-state index < -0.39 is 14.8 Å². The van der Waals surface area contributed by atoms with Crippen LogP contribution in [0.15, 0.2) is 18.3 Å². The summed E-state index contributed by atoms with van der Waals surface area (Å²) in [7, 11) is -3.25. The van der Waals surface area contributed by atoms with Crippen LogP contribution in [0.2, 0.25) is 5.15 Å². The van der Waals surface area contributed by atoms with Gasteiger partial charge >= 0.3 is 0 Å². The predicted molar refractivity (Wildman–Crippen MR) is 108 cm³/mol. The van der Waals surface area contributed by atoms with Crippen molar-refractivity contribution in [3.63, 3.8) is 0 Å². The summed E-state index contributed by atoms with van der Waals surface area (Å²) in [6.45, 7) is 7.18. The van der Waals surface area contributed by atoms with Crippen LogP contribution in [0.1, 0.15) is 58.4 Å². The van der Waals surface area contributed by atoms with Crippen molar-refractivity contribution in [1.29, 1.82) is 0 Å². The topological polar surface area (TPSA) is 71.1 Å². The van der Waals surface area contributed by atoms with Crippen molar-refractivity contribution >= 4 is 21.6 Å². The van der Waals surface area contributed by atoms with Crippen LogP contribution in [0.3, 0.4) is 0 Å². The lowest BCUT2D eigenvalue weighted by Gasteiger charge is -2.31. The maximum atomic E-state index is 12.2. The Hall–Kier alpha value is -0.690. The van der Waals surface area contributed by atoms with E-state index in [0.29, 0.717) is 11.1 Å². The molecule has 1 heterocycles. The van der Waals surface area contributed by atoms with E-state index in [4.69, 9.17) is 11.6 Å². The zero-order valence-corrected chi connectivity index (χ0v) is 17.7. The minimum absolute atomic E-state index is 0.0863. The second-order valence-electron chi connectivity index (χ2n) is 8.21. The number of rotatable bonds is 8. The van der Waals surface area contributed by atoms with Crippen molar-refractivity contribution in [2.24, 2.45) is 5.92 Å². The number of hydrogen-bond donors (Lipinski definition) is 2. The molecule has 0 unspecified atom stereocenters. The number of hydrogen-bond acceptors (Lipinski definition) is 4. The molecule has 1 fully saturated rings. The molecule has 7 heteroatoms. The molecule has 1 saturated carbocycles. The molecule has 2 N–H and O–H groups in total. The Morgan fingerprint density at radius 2 is 1.92 bits per heavy atom. The summed E-state index contributed by atoms with van der Waals surface area (Å²) in [5.41, 5.74) is 1.10. The van der Waals surface area contributed by atoms with Crippen molar-refractivity contribution < 1.29 is 8.42 Å². The van der Waals surface area contributed by atoms with Gasteiger partial charge < -0.3 is 5.32 Å². The Morgan fingerprint density at radius 3 is 2.54 bits per heavy atom. The van der Waals surface area contributed by atoms with E-state index in [1.165, 1.54) is 0 Å². The van der Waals surface area contributed by atoms with Gasteiger partial charge in [-0.15, -0.1) is 0 Å². The zero-order chi connectivity index (χ0) is 19.2. The van der Waals surface area contributed by atoms with E-state index in [2.05, 4.69) is 15.0 Å². The van der Waals surface area contributed by atoms with Gasteiger partial charge in [0, 0.05) is 12.2 Å². The van der Waals surface area contributed by atoms with Crippen LogP contribution in [0.4, 0.5) is 0 Å². The van der Waals surface area contributed by atoms with E-state index in [9.17, 15) is 8.42 Å². The van der Waals surface area contributed by atoms with Gasteiger partial charge in [0.15, 0.2) is 0 Å². The summed E-state index contributed by atoms with van der Waals surface area (Å²) in [6.07, 6.45) is 7.66. The standard InChI is InChI=1S/C19H32ClN3O2S/c1-19(2,3)26(24,25)23-17-10-8-15(9-11-17)14-21-12-4-6-16-7-5-13-22-18(16)20/h5,7,13,15,17,21,23H,4,6,8-12,14H2,1-3H3. The summed E-state index contributed by atoms with van der Waals surface area (Å²) < 4.78 is 26.6. The van der Waals surface area contributed by atoms with E-state index in [1.807, 2.05) is 12.1 Å². The minimum atomic E-state index is -3.25. The van der Waals surface area contributed by atoms with E-state index in [1.54, 1.807) is 27.0 Å². The third-order valence-electron chi connectivity index (χ3n) is 5.04. The van der Waals surface area contributed by atoms with Crippen molar-refractivity contribution in [2.75, 3.05) is 13.1 Å². The number of pyridine rings is 1. The summed E-state index contributed by atoms with van der Waals surface area (Å²) in [5, 5.41) is 4.13. The van der Waals surface area contributed by atoms with Crippen LogP contribution in [-0.4, -0.2) is 37.3 Å². The first-order valence-corrected chi connectivity index (χ1v) is 11.4. The molecule has 1 aliphatic rings. The molecule has 0 bridgehead atoms. The molecule has 1 aliphatic carbocycles. The lowest BCUT2D eigenvalue weighted by atomic mass is 9.86. The monoisotopic (exact) mass is 401 g/mol. The Labute approximate surface area is 163 Å². The first-order chi connectivity index (χ1) is 12.2. The van der Waals surface area contributed by atoms with Crippen molar-refractivity contribution in [3.8, 4) is 0 Å². The fraction of sp³-hybridized carbons (Fsp3) is 0.737. The van der Waals surface area contributed by atoms with Crippen molar-refractivity contribution in [3.05, 3.63) is 29.0 Å². The lowest BCUT2D eigenvalue weighted by molar-refractivity contribution is 0.302. The normalized spacial score (nSPS) is 21.7. The number of nitrogens with one attached hydrogen (secondary N) is 2. The van der Waals surface area contributed by atoms with Gasteiger partial charge in [0.05, 0.1) is 4.75 Å². The second-order valence-corrected chi connectivity index (χ2v) is 11.0. The highest BCUT2D eigenvalue weighted by molar-refractivity contribution is 7.90. The molecule has 0 amide bonds. The number of aromatic nitrogens is 1. The number of sulfonamides is 1. The van der Waals surface area contributed by atoms with Gasteiger partial charge in [-0.1, -0.05) is 17.7 Å². The molecule has 0 aromatic carbocycles. The van der Waals surface area contributed by atoms with E-state index >= 15 is 0 Å². The molecule has 0 saturated heterocycles. The third kappa shape index (κ3) is 6.48. The highest BCUT2D eigenvalue weighted by atomic mass is 35.5. The minimum Gasteiger partial charge on any atom is -0.316 e. The molecular weight excluding hydrogens is 370 g/mol. The maximum absolute atomic E-state index is 12.2. The number of nitrogens with zero attached hydrogens (tertiary/aromatic N) is 1. The SMILES string of the molecule is CC(C)(C)S(=O)(=O)NC1CCC(CNCCCc2cccnc2Cl)CC1. The summed E-state index contributed by atoms with van der Waals surface area (Å²) in [4.78, 5) is 4.10. The van der Waals surface area contributed by atoms with Crippen molar-refractivity contribution in [2.45, 2.75) is 70.1 Å². The molecule has 0 spiro atoms. The Kier molecular flexibility index (Phi) is 7.89. The van der Waals surface area contributed by atoms with Gasteiger partial charge in [0.2, 0.25) is 10.0 Å². The lowest BCUT2D eigenvalue weighted by Crippen LogP contribution is -2.46. The molecule has 1 aromatic heterocycles.